The van der Waals surface area contributed by atoms with E-state index < -0.39 is 68.0 Å². The third-order valence-electron chi connectivity index (χ3n) is 2.30. The summed E-state index contributed by atoms with van der Waals surface area (Å²) < 4.78 is 78.7. The topological polar surface area (TPSA) is 191 Å². The molecule has 3 N–H and O–H groups in total. The van der Waals surface area contributed by atoms with E-state index >= 15 is 0 Å². The Balaban J connectivity index is 5.16. The van der Waals surface area contributed by atoms with Crippen LogP contribution in [-0.4, -0.2) is 97.0 Å². The van der Waals surface area contributed by atoms with Gasteiger partial charge in [-0.15, -0.1) is 0 Å². The highest BCUT2D eigenvalue weighted by atomic mass is 32.2. The van der Waals surface area contributed by atoms with Gasteiger partial charge in [-0.3, -0.25) is 12.5 Å². The van der Waals surface area contributed by atoms with E-state index in [0.717, 1.165) is 0 Å². The lowest BCUT2D eigenvalue weighted by Crippen LogP contribution is -2.50. The molecule has 0 aliphatic rings. The highest BCUT2D eigenvalue weighted by Crippen LogP contribution is 2.14. The van der Waals surface area contributed by atoms with Gasteiger partial charge >= 0.3 is 0 Å². The van der Waals surface area contributed by atoms with Crippen molar-refractivity contribution in [3.63, 3.8) is 0 Å². The molecule has 0 heterocycles. The fourth-order valence-corrected chi connectivity index (χ4v) is 2.77. The molecule has 0 bridgehead atoms. The number of aliphatic hydroxyl groups excluding tert-OH is 3. The monoisotopic (exact) mass is 416 g/mol. The molecule has 0 fully saturated rings. The molecule has 15 heteroatoms. The normalized spacial score (nSPS) is 18.8. The minimum atomic E-state index is -4.24. The first kappa shape index (κ1) is 23.6. The predicted octanol–water partition coefficient (Wildman–Crippen LogP) is -3.63. The molecule has 12 nitrogen and oxygen atoms in total. The van der Waals surface area contributed by atoms with Gasteiger partial charge < -0.3 is 15.3 Å². The first-order chi connectivity index (χ1) is 10.5. The first-order valence-corrected chi connectivity index (χ1v) is 11.6. The molecule has 0 unspecified atom stereocenters. The number of aliphatic hydroxyl groups is 3. The molecule has 0 spiro atoms. The van der Waals surface area contributed by atoms with Crippen molar-refractivity contribution in [2.45, 2.75) is 24.4 Å². The third kappa shape index (κ3) is 11.2. The van der Waals surface area contributed by atoms with Crippen LogP contribution in [0.25, 0.3) is 0 Å². The molecule has 0 amide bonds. The standard InChI is InChI=1S/C9H20O12S3/c1-22(13,14)19-4-6(10)8(12)9(21-24(3,17)18)7(11)5-20-23(2,15)16/h6-12H,4-5H2,1-3H3/t6-,7+,8-,9+/m0/s1. The summed E-state index contributed by atoms with van der Waals surface area (Å²) in [6.45, 7) is -1.93. The summed E-state index contributed by atoms with van der Waals surface area (Å²) in [6, 6.07) is 0. The van der Waals surface area contributed by atoms with E-state index in [9.17, 15) is 40.6 Å². The van der Waals surface area contributed by atoms with Gasteiger partial charge in [-0.2, -0.15) is 25.3 Å². The van der Waals surface area contributed by atoms with E-state index in [0.29, 0.717) is 18.8 Å². The lowest BCUT2D eigenvalue weighted by molar-refractivity contribution is -0.106. The van der Waals surface area contributed by atoms with E-state index in [4.69, 9.17) is 0 Å². The highest BCUT2D eigenvalue weighted by molar-refractivity contribution is 7.86. The summed E-state index contributed by atoms with van der Waals surface area (Å²) in [5, 5.41) is 29.3. The maximum absolute atomic E-state index is 11.2. The van der Waals surface area contributed by atoms with Crippen molar-refractivity contribution in [2.24, 2.45) is 0 Å². The first-order valence-electron chi connectivity index (χ1n) is 6.13. The Labute approximate surface area is 140 Å². The molecule has 4 atom stereocenters. The van der Waals surface area contributed by atoms with Crippen molar-refractivity contribution in [1.29, 1.82) is 0 Å². The van der Waals surface area contributed by atoms with Gasteiger partial charge in [0.2, 0.25) is 0 Å². The molecule has 0 aromatic heterocycles. The van der Waals surface area contributed by atoms with Gasteiger partial charge in [0, 0.05) is 0 Å². The van der Waals surface area contributed by atoms with Crippen LogP contribution in [0.5, 0.6) is 0 Å². The lowest BCUT2D eigenvalue weighted by atomic mass is 10.0. The molecule has 24 heavy (non-hydrogen) atoms. The molecule has 0 radical (unpaired) electrons. The predicted molar refractivity (Wildman–Crippen MR) is 79.3 cm³/mol. The molecule has 0 aliphatic heterocycles. The minimum absolute atomic E-state index is 0.580. The van der Waals surface area contributed by atoms with Gasteiger partial charge in [-0.05, 0) is 0 Å². The van der Waals surface area contributed by atoms with Crippen LogP contribution in [0, 0.1) is 0 Å². The molecule has 0 saturated heterocycles. The summed E-state index contributed by atoms with van der Waals surface area (Å²) in [6.07, 6.45) is -6.23. The number of hydrogen-bond donors (Lipinski definition) is 3. The van der Waals surface area contributed by atoms with E-state index in [-0.39, 0.29) is 0 Å². The molecular formula is C9H20O12S3. The summed E-state index contributed by atoms with van der Waals surface area (Å²) in [5.74, 6) is 0. The molecule has 146 valence electrons. The molecule has 0 aromatic carbocycles. The lowest BCUT2D eigenvalue weighted by Gasteiger charge is -2.28. The zero-order valence-electron chi connectivity index (χ0n) is 13.0. The average molecular weight is 416 g/mol. The maximum Gasteiger partial charge on any atom is 0.264 e. The largest absolute Gasteiger partial charge is 0.388 e. The summed E-state index contributed by atoms with van der Waals surface area (Å²) in [7, 11) is -12.2. The van der Waals surface area contributed by atoms with Crippen LogP contribution in [0.4, 0.5) is 0 Å². The average Bonchev–Trinajstić information content (AvgIpc) is 2.36. The van der Waals surface area contributed by atoms with Crippen molar-refractivity contribution < 1.29 is 53.1 Å². The second-order valence-corrected chi connectivity index (χ2v) is 9.76. The van der Waals surface area contributed by atoms with Gasteiger partial charge in [0.1, 0.15) is 24.4 Å². The maximum atomic E-state index is 11.2. The van der Waals surface area contributed by atoms with E-state index in [2.05, 4.69) is 12.5 Å². The van der Waals surface area contributed by atoms with Crippen LogP contribution in [-0.2, 0) is 42.9 Å². The molecule has 0 aromatic rings. The van der Waals surface area contributed by atoms with Crippen molar-refractivity contribution in [3.05, 3.63) is 0 Å². The SMILES string of the molecule is CS(=O)(=O)OC[C@@H](O)[C@@H](OS(C)(=O)=O)[C@@H](O)[C@@H](O)COS(C)(=O)=O. The van der Waals surface area contributed by atoms with E-state index in [1.165, 1.54) is 0 Å². The van der Waals surface area contributed by atoms with Crippen LogP contribution in [0.1, 0.15) is 0 Å². The van der Waals surface area contributed by atoms with E-state index in [1.54, 1.807) is 0 Å². The summed E-state index contributed by atoms with van der Waals surface area (Å²) in [5.41, 5.74) is 0. The third-order valence-corrected chi connectivity index (χ3v) is 4.00. The van der Waals surface area contributed by atoms with Crippen LogP contribution in [0.2, 0.25) is 0 Å². The molecule has 0 aliphatic carbocycles. The smallest absolute Gasteiger partial charge is 0.264 e. The fraction of sp³-hybridized carbons (Fsp3) is 1.00. The molecule has 0 rings (SSSR count). The highest BCUT2D eigenvalue weighted by Gasteiger charge is 2.37. The Morgan fingerprint density at radius 2 is 1.08 bits per heavy atom. The Hall–Kier alpha value is -0.390. The summed E-state index contributed by atoms with van der Waals surface area (Å²) >= 11 is 0. The van der Waals surface area contributed by atoms with Gasteiger partial charge in [-0.1, -0.05) is 0 Å². The molecule has 0 saturated carbocycles. The van der Waals surface area contributed by atoms with Crippen molar-refractivity contribution >= 4 is 30.4 Å². The fourth-order valence-electron chi connectivity index (χ4n) is 1.35. The van der Waals surface area contributed by atoms with Crippen molar-refractivity contribution in [3.8, 4) is 0 Å². The van der Waals surface area contributed by atoms with Crippen LogP contribution in [0.3, 0.4) is 0 Å². The van der Waals surface area contributed by atoms with Gasteiger partial charge in [0.05, 0.1) is 32.0 Å². The van der Waals surface area contributed by atoms with E-state index in [1.807, 2.05) is 0 Å². The summed E-state index contributed by atoms with van der Waals surface area (Å²) in [4.78, 5) is 0. The number of hydrogen-bond acceptors (Lipinski definition) is 12. The Kier molecular flexibility index (Phi) is 8.67. The van der Waals surface area contributed by atoms with Gasteiger partial charge in [0.15, 0.2) is 0 Å². The Bertz CT molecular complexity index is 694. The quantitative estimate of drug-likeness (QED) is 0.280. The van der Waals surface area contributed by atoms with Crippen LogP contribution < -0.4 is 0 Å². The van der Waals surface area contributed by atoms with Crippen LogP contribution >= 0.6 is 0 Å². The Morgan fingerprint density at radius 3 is 1.42 bits per heavy atom. The van der Waals surface area contributed by atoms with Crippen molar-refractivity contribution in [2.75, 3.05) is 32.0 Å². The second kappa shape index (κ2) is 8.81. The zero-order valence-corrected chi connectivity index (χ0v) is 15.4. The van der Waals surface area contributed by atoms with Gasteiger partial charge in [-0.25, -0.2) is 0 Å². The van der Waals surface area contributed by atoms with Gasteiger partial charge in [0.25, 0.3) is 30.4 Å². The van der Waals surface area contributed by atoms with Crippen molar-refractivity contribution in [1.82, 2.24) is 0 Å². The zero-order chi connectivity index (χ0) is 19.3. The van der Waals surface area contributed by atoms with Crippen LogP contribution in [0.15, 0.2) is 0 Å². The Morgan fingerprint density at radius 1 is 0.708 bits per heavy atom. The second-order valence-electron chi connectivity index (χ2n) is 4.87. The molecular weight excluding hydrogens is 396 g/mol. The minimum Gasteiger partial charge on any atom is -0.388 e. The number of rotatable bonds is 11.